The van der Waals surface area contributed by atoms with Crippen molar-refractivity contribution >= 4 is 34.4 Å². The van der Waals surface area contributed by atoms with Crippen LogP contribution in [0.15, 0.2) is 48.5 Å². The molecule has 0 aliphatic carbocycles. The molecule has 3 N–H and O–H groups in total. The third kappa shape index (κ3) is 4.34. The van der Waals surface area contributed by atoms with E-state index in [1.165, 1.54) is 0 Å². The van der Waals surface area contributed by atoms with Gasteiger partial charge in [-0.2, -0.15) is 0 Å². The molecular formula is C24H25N5O5. The molecule has 1 fully saturated rings. The van der Waals surface area contributed by atoms with Crippen molar-refractivity contribution in [1.29, 1.82) is 0 Å². The first-order chi connectivity index (χ1) is 16.5. The Morgan fingerprint density at radius 3 is 2.47 bits per heavy atom. The van der Waals surface area contributed by atoms with Gasteiger partial charge in [-0.25, -0.2) is 4.79 Å². The molecule has 1 atom stereocenters. The standard InChI is InChI=1S/C24H25N5O5/c1-15(22(30)26-17-6-7-20-21(13-17)34-14-33-20)25-24(32)29-10-8-28(9-11-29)23(31)19-12-16-4-2-3-5-18(16)27-19/h2-7,12-13,15,27H,8-11,14H2,1H3,(H,25,32)(H,26,30)/t15-/m0/s1. The summed E-state index contributed by atoms with van der Waals surface area (Å²) < 4.78 is 10.6. The van der Waals surface area contributed by atoms with E-state index < -0.39 is 6.04 Å². The zero-order valence-electron chi connectivity index (χ0n) is 18.7. The van der Waals surface area contributed by atoms with Crippen molar-refractivity contribution in [2.45, 2.75) is 13.0 Å². The van der Waals surface area contributed by atoms with Crippen molar-refractivity contribution in [2.24, 2.45) is 0 Å². The van der Waals surface area contributed by atoms with Crippen LogP contribution < -0.4 is 20.1 Å². The van der Waals surface area contributed by atoms with Gasteiger partial charge in [0, 0.05) is 48.8 Å². The highest BCUT2D eigenvalue weighted by molar-refractivity contribution is 5.98. The third-order valence-electron chi connectivity index (χ3n) is 5.99. The number of ether oxygens (including phenoxy) is 2. The summed E-state index contributed by atoms with van der Waals surface area (Å²) in [5.41, 5.74) is 2.00. The zero-order valence-corrected chi connectivity index (χ0v) is 18.7. The summed E-state index contributed by atoms with van der Waals surface area (Å²) in [5, 5.41) is 6.47. The largest absolute Gasteiger partial charge is 0.454 e. The molecule has 5 rings (SSSR count). The van der Waals surface area contributed by atoms with Crippen LogP contribution in [0.25, 0.3) is 10.9 Å². The number of rotatable bonds is 4. The van der Waals surface area contributed by atoms with Gasteiger partial charge in [-0.1, -0.05) is 18.2 Å². The Kier molecular flexibility index (Phi) is 5.70. The number of nitrogens with zero attached hydrogens (tertiary/aromatic N) is 2. The first-order valence-corrected chi connectivity index (χ1v) is 11.1. The molecule has 0 bridgehead atoms. The minimum absolute atomic E-state index is 0.0901. The van der Waals surface area contributed by atoms with Crippen molar-refractivity contribution in [1.82, 2.24) is 20.1 Å². The predicted molar refractivity (Wildman–Crippen MR) is 125 cm³/mol. The van der Waals surface area contributed by atoms with Gasteiger partial charge in [-0.3, -0.25) is 9.59 Å². The minimum atomic E-state index is -0.746. The lowest BCUT2D eigenvalue weighted by Crippen LogP contribution is -2.55. The van der Waals surface area contributed by atoms with E-state index >= 15 is 0 Å². The van der Waals surface area contributed by atoms with E-state index in [0.717, 1.165) is 10.9 Å². The summed E-state index contributed by atoms with van der Waals surface area (Å²) in [4.78, 5) is 44.6. The molecule has 0 radical (unpaired) electrons. The number of fused-ring (bicyclic) bond motifs is 2. The van der Waals surface area contributed by atoms with Gasteiger partial charge in [0.15, 0.2) is 11.5 Å². The summed E-state index contributed by atoms with van der Waals surface area (Å²) in [6, 6.07) is 13.6. The number of anilines is 1. The number of urea groups is 1. The molecule has 0 spiro atoms. The van der Waals surface area contributed by atoms with Gasteiger partial charge in [-0.15, -0.1) is 0 Å². The van der Waals surface area contributed by atoms with Crippen molar-refractivity contribution in [3.05, 3.63) is 54.2 Å². The Morgan fingerprint density at radius 2 is 1.68 bits per heavy atom. The van der Waals surface area contributed by atoms with E-state index in [9.17, 15) is 14.4 Å². The van der Waals surface area contributed by atoms with Gasteiger partial charge >= 0.3 is 6.03 Å². The molecule has 4 amide bonds. The van der Waals surface area contributed by atoms with Gasteiger partial charge in [-0.05, 0) is 31.2 Å². The quantitative estimate of drug-likeness (QED) is 0.550. The summed E-state index contributed by atoms with van der Waals surface area (Å²) in [6.07, 6.45) is 0. The van der Waals surface area contributed by atoms with Crippen molar-refractivity contribution in [3.8, 4) is 11.5 Å². The molecule has 3 aromatic rings. The molecule has 1 saturated heterocycles. The number of amides is 4. The van der Waals surface area contributed by atoms with E-state index in [4.69, 9.17) is 9.47 Å². The molecule has 0 saturated carbocycles. The van der Waals surface area contributed by atoms with E-state index in [1.807, 2.05) is 30.3 Å². The van der Waals surface area contributed by atoms with Crippen LogP contribution in [0.5, 0.6) is 11.5 Å². The van der Waals surface area contributed by atoms with Gasteiger partial charge < -0.3 is 34.9 Å². The molecule has 10 nitrogen and oxygen atoms in total. The maximum absolute atomic E-state index is 12.9. The topological polar surface area (TPSA) is 116 Å². The van der Waals surface area contributed by atoms with Crippen LogP contribution in [0.1, 0.15) is 17.4 Å². The van der Waals surface area contributed by atoms with Crippen LogP contribution in [0.4, 0.5) is 10.5 Å². The van der Waals surface area contributed by atoms with Crippen LogP contribution in [0, 0.1) is 0 Å². The lowest BCUT2D eigenvalue weighted by atomic mass is 10.2. The average molecular weight is 463 g/mol. The fraction of sp³-hybridized carbons (Fsp3) is 0.292. The van der Waals surface area contributed by atoms with Crippen LogP contribution >= 0.6 is 0 Å². The molecule has 0 unspecified atom stereocenters. The molecule has 3 heterocycles. The van der Waals surface area contributed by atoms with Crippen LogP contribution in [0.2, 0.25) is 0 Å². The number of aromatic amines is 1. The molecule has 34 heavy (non-hydrogen) atoms. The molecule has 10 heteroatoms. The number of para-hydroxylation sites is 1. The van der Waals surface area contributed by atoms with Crippen molar-refractivity contribution in [3.63, 3.8) is 0 Å². The lowest BCUT2D eigenvalue weighted by molar-refractivity contribution is -0.117. The Labute approximate surface area is 195 Å². The molecule has 2 aliphatic rings. The highest BCUT2D eigenvalue weighted by Gasteiger charge is 2.27. The Hall–Kier alpha value is -4.21. The number of piperazine rings is 1. The summed E-state index contributed by atoms with van der Waals surface area (Å²) in [5.74, 6) is 0.753. The Balaban J connectivity index is 1.12. The highest BCUT2D eigenvalue weighted by atomic mass is 16.7. The summed E-state index contributed by atoms with van der Waals surface area (Å²) in [6.45, 7) is 3.37. The molecule has 1 aromatic heterocycles. The monoisotopic (exact) mass is 463 g/mol. The molecular weight excluding hydrogens is 438 g/mol. The van der Waals surface area contributed by atoms with E-state index in [1.54, 1.807) is 34.9 Å². The van der Waals surface area contributed by atoms with Crippen LogP contribution in [0.3, 0.4) is 0 Å². The fourth-order valence-electron chi connectivity index (χ4n) is 4.04. The Morgan fingerprint density at radius 1 is 0.941 bits per heavy atom. The summed E-state index contributed by atoms with van der Waals surface area (Å²) >= 11 is 0. The highest BCUT2D eigenvalue weighted by Crippen LogP contribution is 2.34. The molecule has 176 valence electrons. The number of hydrogen-bond donors (Lipinski definition) is 3. The maximum atomic E-state index is 12.9. The number of benzene rings is 2. The second kappa shape index (κ2) is 8.97. The van der Waals surface area contributed by atoms with E-state index in [-0.39, 0.29) is 24.6 Å². The number of carbonyl (C=O) groups excluding carboxylic acids is 3. The number of H-pyrrole nitrogens is 1. The average Bonchev–Trinajstić information content (AvgIpc) is 3.50. The number of aromatic nitrogens is 1. The normalized spacial score (nSPS) is 15.8. The van der Waals surface area contributed by atoms with Gasteiger partial charge in [0.1, 0.15) is 11.7 Å². The maximum Gasteiger partial charge on any atom is 0.318 e. The van der Waals surface area contributed by atoms with E-state index in [2.05, 4.69) is 15.6 Å². The van der Waals surface area contributed by atoms with Crippen molar-refractivity contribution < 1.29 is 23.9 Å². The molecule has 2 aromatic carbocycles. The van der Waals surface area contributed by atoms with Crippen LogP contribution in [-0.2, 0) is 4.79 Å². The second-order valence-corrected chi connectivity index (χ2v) is 8.28. The van der Waals surface area contributed by atoms with Crippen molar-refractivity contribution in [2.75, 3.05) is 38.3 Å². The van der Waals surface area contributed by atoms with Gasteiger partial charge in [0.2, 0.25) is 12.7 Å². The number of hydrogen-bond acceptors (Lipinski definition) is 5. The number of nitrogens with one attached hydrogen (secondary N) is 3. The summed E-state index contributed by atoms with van der Waals surface area (Å²) in [7, 11) is 0. The first-order valence-electron chi connectivity index (χ1n) is 11.1. The predicted octanol–water partition coefficient (Wildman–Crippen LogP) is 2.39. The zero-order chi connectivity index (χ0) is 23.7. The fourth-order valence-corrected chi connectivity index (χ4v) is 4.04. The first kappa shape index (κ1) is 21.6. The van der Waals surface area contributed by atoms with Gasteiger partial charge in [0.25, 0.3) is 5.91 Å². The SMILES string of the molecule is C[C@H](NC(=O)N1CCN(C(=O)c2cc3ccccc3[nH]2)CC1)C(=O)Nc1ccc2c(c1)OCO2. The smallest absolute Gasteiger partial charge is 0.318 e. The van der Waals surface area contributed by atoms with Crippen LogP contribution in [-0.4, -0.2) is 71.6 Å². The number of carbonyl (C=O) groups is 3. The van der Waals surface area contributed by atoms with Gasteiger partial charge in [0.05, 0.1) is 0 Å². The minimum Gasteiger partial charge on any atom is -0.454 e. The second-order valence-electron chi connectivity index (χ2n) is 8.28. The molecule has 2 aliphatic heterocycles. The lowest BCUT2D eigenvalue weighted by Gasteiger charge is -2.35. The third-order valence-corrected chi connectivity index (χ3v) is 5.99. The Bertz CT molecular complexity index is 1210. The van der Waals surface area contributed by atoms with E-state index in [0.29, 0.717) is 49.1 Å².